The summed E-state index contributed by atoms with van der Waals surface area (Å²) in [6, 6.07) is 8.30. The molecule has 1 aliphatic heterocycles. The first-order valence-electron chi connectivity index (χ1n) is 9.71. The third-order valence-corrected chi connectivity index (χ3v) is 5.28. The molecule has 1 aromatic carbocycles. The van der Waals surface area contributed by atoms with Crippen LogP contribution in [-0.4, -0.2) is 36.3 Å². The van der Waals surface area contributed by atoms with Gasteiger partial charge in [0.05, 0.1) is 13.2 Å². The summed E-state index contributed by atoms with van der Waals surface area (Å²) < 4.78 is 11.0. The number of ether oxygens (including phenoxy) is 2. The highest BCUT2D eigenvalue weighted by atomic mass is 16.6. The monoisotopic (exact) mass is 357 g/mol. The van der Waals surface area contributed by atoms with E-state index >= 15 is 0 Å². The Morgan fingerprint density at radius 3 is 2.46 bits per heavy atom. The molecule has 1 atom stereocenters. The van der Waals surface area contributed by atoms with E-state index in [0.29, 0.717) is 0 Å². The Bertz CT molecular complexity index is 670. The van der Waals surface area contributed by atoms with Gasteiger partial charge < -0.3 is 14.4 Å². The number of hydrogen-bond acceptors (Lipinski definition) is 3. The van der Waals surface area contributed by atoms with Crippen molar-refractivity contribution in [2.24, 2.45) is 0 Å². The summed E-state index contributed by atoms with van der Waals surface area (Å²) >= 11 is 0. The van der Waals surface area contributed by atoms with Crippen LogP contribution in [0.3, 0.4) is 0 Å². The Hall–Kier alpha value is -1.97. The average Bonchev–Trinajstić information content (AvgIpc) is 2.61. The van der Waals surface area contributed by atoms with Crippen LogP contribution in [0.25, 0.3) is 0 Å². The first kappa shape index (κ1) is 18.8. The van der Waals surface area contributed by atoms with Gasteiger partial charge in [0.2, 0.25) is 0 Å². The van der Waals surface area contributed by atoms with Gasteiger partial charge >= 0.3 is 6.09 Å². The van der Waals surface area contributed by atoms with Crippen LogP contribution < -0.4 is 4.74 Å². The second-order valence-electron chi connectivity index (χ2n) is 8.33. The van der Waals surface area contributed by atoms with Crippen molar-refractivity contribution in [3.8, 4) is 5.75 Å². The van der Waals surface area contributed by atoms with Crippen LogP contribution in [0.4, 0.5) is 4.79 Å². The predicted molar refractivity (Wildman–Crippen MR) is 104 cm³/mol. The Morgan fingerprint density at radius 1 is 1.12 bits per heavy atom. The summed E-state index contributed by atoms with van der Waals surface area (Å²) in [6.45, 7) is 6.55. The minimum Gasteiger partial charge on any atom is -0.497 e. The quantitative estimate of drug-likeness (QED) is 0.705. The maximum absolute atomic E-state index is 12.9. The fraction of sp³-hybridized carbons (Fsp3) is 0.591. The Morgan fingerprint density at radius 2 is 1.81 bits per heavy atom. The second-order valence-corrected chi connectivity index (χ2v) is 8.33. The van der Waals surface area contributed by atoms with Gasteiger partial charge in [-0.3, -0.25) is 0 Å². The van der Waals surface area contributed by atoms with E-state index in [1.807, 2.05) is 37.8 Å². The third kappa shape index (κ3) is 4.40. The second kappa shape index (κ2) is 7.73. The van der Waals surface area contributed by atoms with Gasteiger partial charge in [-0.1, -0.05) is 17.7 Å². The Kier molecular flexibility index (Phi) is 5.59. The number of benzene rings is 1. The van der Waals surface area contributed by atoms with Gasteiger partial charge in [0.25, 0.3) is 0 Å². The molecular formula is C22H31NO3. The Balaban J connectivity index is 1.85. The summed E-state index contributed by atoms with van der Waals surface area (Å²) in [5.74, 6) is 0.860. The lowest BCUT2D eigenvalue weighted by Gasteiger charge is -2.41. The number of rotatable bonds is 3. The molecule has 3 rings (SSSR count). The predicted octanol–water partition coefficient (Wildman–Crippen LogP) is 5.12. The lowest BCUT2D eigenvalue weighted by Crippen LogP contribution is -2.48. The minimum atomic E-state index is -0.469. The van der Waals surface area contributed by atoms with Gasteiger partial charge in [-0.15, -0.1) is 0 Å². The van der Waals surface area contributed by atoms with E-state index in [1.165, 1.54) is 30.4 Å². The third-order valence-electron chi connectivity index (χ3n) is 5.28. The van der Waals surface area contributed by atoms with E-state index in [0.717, 1.165) is 31.6 Å². The smallest absolute Gasteiger partial charge is 0.410 e. The molecule has 0 spiro atoms. The molecule has 1 unspecified atom stereocenters. The molecule has 0 saturated heterocycles. The molecule has 0 saturated carbocycles. The molecule has 0 bridgehead atoms. The fourth-order valence-corrected chi connectivity index (χ4v) is 4.04. The number of hydrogen-bond donors (Lipinski definition) is 0. The standard InChI is InChI=1S/C22H31NO3/c1-22(2,3)26-21(24)23-14-13-17-7-5-6-8-19(17)20(23)15-16-9-11-18(25-4)12-10-16/h9-12,20H,5-8,13-15H2,1-4H3. The molecule has 0 N–H and O–H groups in total. The number of carbonyl (C=O) groups excluding carboxylic acids is 1. The SMILES string of the molecule is COc1ccc(CC2C3=C(CCCC3)CCN2C(=O)OC(C)(C)C)cc1. The van der Waals surface area contributed by atoms with Crippen LogP contribution in [-0.2, 0) is 11.2 Å². The van der Waals surface area contributed by atoms with Gasteiger partial charge in [0.15, 0.2) is 0 Å². The van der Waals surface area contributed by atoms with Crippen molar-refractivity contribution in [2.75, 3.05) is 13.7 Å². The molecule has 26 heavy (non-hydrogen) atoms. The molecule has 4 heteroatoms. The number of amides is 1. The maximum Gasteiger partial charge on any atom is 0.410 e. The van der Waals surface area contributed by atoms with E-state index in [9.17, 15) is 4.79 Å². The molecule has 142 valence electrons. The molecule has 1 amide bonds. The van der Waals surface area contributed by atoms with Crippen LogP contribution in [0.1, 0.15) is 58.4 Å². The fourth-order valence-electron chi connectivity index (χ4n) is 4.04. The normalized spacial score (nSPS) is 20.6. The summed E-state index contributed by atoms with van der Waals surface area (Å²) in [5.41, 5.74) is 3.81. The topological polar surface area (TPSA) is 38.8 Å². The van der Waals surface area contributed by atoms with Crippen molar-refractivity contribution in [3.63, 3.8) is 0 Å². The van der Waals surface area contributed by atoms with E-state index in [1.54, 1.807) is 12.7 Å². The highest BCUT2D eigenvalue weighted by Gasteiger charge is 2.35. The molecule has 1 aromatic rings. The van der Waals surface area contributed by atoms with Gasteiger partial charge in [-0.2, -0.15) is 0 Å². The van der Waals surface area contributed by atoms with Crippen LogP contribution >= 0.6 is 0 Å². The maximum atomic E-state index is 12.9. The number of methoxy groups -OCH3 is 1. The number of carbonyl (C=O) groups is 1. The molecule has 0 aromatic heterocycles. The zero-order valence-corrected chi connectivity index (χ0v) is 16.5. The van der Waals surface area contributed by atoms with Crippen molar-refractivity contribution in [1.29, 1.82) is 0 Å². The molecule has 1 aliphatic carbocycles. The zero-order chi connectivity index (χ0) is 18.7. The van der Waals surface area contributed by atoms with E-state index < -0.39 is 5.60 Å². The average molecular weight is 357 g/mol. The minimum absolute atomic E-state index is 0.113. The largest absolute Gasteiger partial charge is 0.497 e. The first-order valence-corrected chi connectivity index (χ1v) is 9.71. The van der Waals surface area contributed by atoms with Gasteiger partial charge in [0, 0.05) is 6.54 Å². The molecule has 4 nitrogen and oxygen atoms in total. The summed E-state index contributed by atoms with van der Waals surface area (Å²) in [6.07, 6.45) is 6.44. The highest BCUT2D eigenvalue weighted by Crippen LogP contribution is 2.37. The van der Waals surface area contributed by atoms with Crippen molar-refractivity contribution < 1.29 is 14.3 Å². The molecule has 0 radical (unpaired) electrons. The van der Waals surface area contributed by atoms with Crippen LogP contribution in [0.2, 0.25) is 0 Å². The van der Waals surface area contributed by atoms with Crippen LogP contribution in [0, 0.1) is 0 Å². The van der Waals surface area contributed by atoms with Crippen molar-refractivity contribution in [2.45, 2.75) is 70.9 Å². The van der Waals surface area contributed by atoms with Crippen LogP contribution in [0.5, 0.6) is 5.75 Å². The van der Waals surface area contributed by atoms with Gasteiger partial charge in [-0.25, -0.2) is 4.79 Å². The molecule has 1 heterocycles. The van der Waals surface area contributed by atoms with Crippen molar-refractivity contribution >= 4 is 6.09 Å². The lowest BCUT2D eigenvalue weighted by molar-refractivity contribution is 0.0171. The molecule has 2 aliphatic rings. The van der Waals surface area contributed by atoms with Crippen LogP contribution in [0.15, 0.2) is 35.4 Å². The van der Waals surface area contributed by atoms with E-state index in [-0.39, 0.29) is 12.1 Å². The van der Waals surface area contributed by atoms with E-state index in [4.69, 9.17) is 9.47 Å². The van der Waals surface area contributed by atoms with Gasteiger partial charge in [-0.05, 0) is 82.6 Å². The van der Waals surface area contributed by atoms with Gasteiger partial charge in [0.1, 0.15) is 11.4 Å². The number of nitrogens with zero attached hydrogens (tertiary/aromatic N) is 1. The van der Waals surface area contributed by atoms with Crippen molar-refractivity contribution in [1.82, 2.24) is 4.90 Å². The molecule has 0 fully saturated rings. The first-order chi connectivity index (χ1) is 12.4. The zero-order valence-electron chi connectivity index (χ0n) is 16.5. The van der Waals surface area contributed by atoms with E-state index in [2.05, 4.69) is 12.1 Å². The van der Waals surface area contributed by atoms with Crippen molar-refractivity contribution in [3.05, 3.63) is 41.0 Å². The highest BCUT2D eigenvalue weighted by molar-refractivity contribution is 5.70. The Labute approximate surface area is 157 Å². The molecular weight excluding hydrogens is 326 g/mol. The summed E-state index contributed by atoms with van der Waals surface area (Å²) in [5, 5.41) is 0. The summed E-state index contributed by atoms with van der Waals surface area (Å²) in [4.78, 5) is 14.8. The summed E-state index contributed by atoms with van der Waals surface area (Å²) in [7, 11) is 1.68. The lowest BCUT2D eigenvalue weighted by atomic mass is 9.80.